The van der Waals surface area contributed by atoms with Gasteiger partial charge in [0.25, 0.3) is 5.71 Å². The van der Waals surface area contributed by atoms with Gasteiger partial charge >= 0.3 is 6.03 Å². The van der Waals surface area contributed by atoms with Crippen molar-refractivity contribution in [3.05, 3.63) is 45.6 Å². The standard InChI is InChI=1S/C15H12Cl2N4O2/c1-7-11-13(21-23-14(11)18-8(2)12(7)17)20-15(22)19-10-5-3-4-9(16)6-10/h3-6H,1-2H3,(H2,19,20,21,22). The minimum absolute atomic E-state index is 0.256. The molecular formula is C15H12Cl2N4O2. The highest BCUT2D eigenvalue weighted by Crippen LogP contribution is 2.31. The average molecular weight is 351 g/mol. The van der Waals surface area contributed by atoms with Crippen LogP contribution in [0.5, 0.6) is 0 Å². The zero-order valence-electron chi connectivity index (χ0n) is 12.3. The molecule has 3 aromatic rings. The maximum absolute atomic E-state index is 12.1. The fraction of sp³-hybridized carbons (Fsp3) is 0.133. The number of amides is 2. The lowest BCUT2D eigenvalue weighted by molar-refractivity contribution is 0.262. The molecule has 0 aliphatic rings. The summed E-state index contributed by atoms with van der Waals surface area (Å²) in [5.74, 6) is 0.256. The normalized spacial score (nSPS) is 10.8. The first kappa shape index (κ1) is 15.6. The minimum Gasteiger partial charge on any atom is -0.334 e. The molecule has 0 radical (unpaired) electrons. The van der Waals surface area contributed by atoms with Crippen molar-refractivity contribution < 1.29 is 9.32 Å². The van der Waals surface area contributed by atoms with Gasteiger partial charge in [0.1, 0.15) is 0 Å². The lowest BCUT2D eigenvalue weighted by Crippen LogP contribution is -2.19. The van der Waals surface area contributed by atoms with Gasteiger partial charge in [0, 0.05) is 10.7 Å². The van der Waals surface area contributed by atoms with E-state index in [-0.39, 0.29) is 5.82 Å². The van der Waals surface area contributed by atoms with Crippen LogP contribution in [0.25, 0.3) is 11.1 Å². The van der Waals surface area contributed by atoms with Gasteiger partial charge in [-0.05, 0) is 37.6 Å². The van der Waals surface area contributed by atoms with Gasteiger partial charge in [-0.2, -0.15) is 0 Å². The van der Waals surface area contributed by atoms with Crippen LogP contribution >= 0.6 is 23.2 Å². The molecule has 2 aromatic heterocycles. The van der Waals surface area contributed by atoms with Gasteiger partial charge in [-0.1, -0.05) is 34.4 Å². The Morgan fingerprint density at radius 1 is 1.22 bits per heavy atom. The van der Waals surface area contributed by atoms with Crippen LogP contribution in [0.1, 0.15) is 11.3 Å². The Balaban J connectivity index is 1.87. The number of rotatable bonds is 2. The highest BCUT2D eigenvalue weighted by molar-refractivity contribution is 6.33. The largest absolute Gasteiger partial charge is 0.334 e. The van der Waals surface area contributed by atoms with Crippen LogP contribution in [-0.2, 0) is 0 Å². The molecule has 23 heavy (non-hydrogen) atoms. The Morgan fingerprint density at radius 2 is 2.00 bits per heavy atom. The van der Waals surface area contributed by atoms with Crippen molar-refractivity contribution in [2.45, 2.75) is 13.8 Å². The van der Waals surface area contributed by atoms with Gasteiger partial charge in [-0.15, -0.1) is 0 Å². The molecule has 0 atom stereocenters. The van der Waals surface area contributed by atoms with E-state index < -0.39 is 6.03 Å². The van der Waals surface area contributed by atoms with Crippen molar-refractivity contribution in [3.8, 4) is 0 Å². The van der Waals surface area contributed by atoms with Crippen LogP contribution in [0.4, 0.5) is 16.3 Å². The first-order chi connectivity index (χ1) is 11.0. The molecule has 0 aliphatic carbocycles. The molecule has 0 fully saturated rings. The smallest absolute Gasteiger partial charge is 0.324 e. The topological polar surface area (TPSA) is 80.1 Å². The van der Waals surface area contributed by atoms with Crippen molar-refractivity contribution in [2.75, 3.05) is 10.6 Å². The number of aromatic nitrogens is 2. The molecular weight excluding hydrogens is 339 g/mol. The first-order valence-electron chi connectivity index (χ1n) is 6.71. The van der Waals surface area contributed by atoms with Crippen LogP contribution in [0.2, 0.25) is 10.0 Å². The van der Waals surface area contributed by atoms with Gasteiger partial charge < -0.3 is 9.84 Å². The summed E-state index contributed by atoms with van der Waals surface area (Å²) in [4.78, 5) is 16.3. The summed E-state index contributed by atoms with van der Waals surface area (Å²) in [5.41, 5.74) is 2.27. The van der Waals surface area contributed by atoms with E-state index >= 15 is 0 Å². The van der Waals surface area contributed by atoms with Crippen molar-refractivity contribution in [1.82, 2.24) is 10.1 Å². The number of benzene rings is 1. The summed E-state index contributed by atoms with van der Waals surface area (Å²) in [5, 5.41) is 10.7. The second-order valence-electron chi connectivity index (χ2n) is 4.94. The fourth-order valence-electron chi connectivity index (χ4n) is 2.20. The number of carbonyl (C=O) groups excluding carboxylic acids is 1. The molecule has 0 unspecified atom stereocenters. The lowest BCUT2D eigenvalue weighted by Gasteiger charge is -2.07. The molecule has 2 heterocycles. The van der Waals surface area contributed by atoms with Crippen molar-refractivity contribution in [3.63, 3.8) is 0 Å². The molecule has 2 N–H and O–H groups in total. The summed E-state index contributed by atoms with van der Waals surface area (Å²) in [7, 11) is 0. The molecule has 0 aliphatic heterocycles. The monoisotopic (exact) mass is 350 g/mol. The fourth-order valence-corrected chi connectivity index (χ4v) is 2.53. The lowest BCUT2D eigenvalue weighted by atomic mass is 10.2. The maximum Gasteiger partial charge on any atom is 0.324 e. The van der Waals surface area contributed by atoms with E-state index in [1.54, 1.807) is 31.2 Å². The molecule has 118 valence electrons. The van der Waals surface area contributed by atoms with E-state index in [1.165, 1.54) is 0 Å². The Kier molecular flexibility index (Phi) is 4.11. The van der Waals surface area contributed by atoms with E-state index in [0.717, 1.165) is 5.56 Å². The Bertz CT molecular complexity index is 908. The molecule has 0 bridgehead atoms. The predicted octanol–water partition coefficient (Wildman–Crippen LogP) is 4.79. The number of aryl methyl sites for hydroxylation is 2. The second-order valence-corrected chi connectivity index (χ2v) is 5.75. The predicted molar refractivity (Wildman–Crippen MR) is 90.4 cm³/mol. The molecule has 0 spiro atoms. The minimum atomic E-state index is -0.474. The van der Waals surface area contributed by atoms with Crippen LogP contribution in [0.15, 0.2) is 28.8 Å². The van der Waals surface area contributed by atoms with Crippen LogP contribution in [0, 0.1) is 13.8 Å². The molecule has 8 heteroatoms. The summed E-state index contributed by atoms with van der Waals surface area (Å²) >= 11 is 12.1. The number of fused-ring (bicyclic) bond motifs is 1. The number of anilines is 2. The zero-order chi connectivity index (χ0) is 16.6. The molecule has 6 nitrogen and oxygen atoms in total. The number of hydrogen-bond acceptors (Lipinski definition) is 4. The Hall–Kier alpha value is -2.31. The van der Waals surface area contributed by atoms with Crippen molar-refractivity contribution in [2.24, 2.45) is 0 Å². The van der Waals surface area contributed by atoms with Crippen LogP contribution in [-0.4, -0.2) is 16.2 Å². The quantitative estimate of drug-likeness (QED) is 0.696. The molecule has 2 amide bonds. The van der Waals surface area contributed by atoms with E-state index in [9.17, 15) is 4.79 Å². The summed E-state index contributed by atoms with van der Waals surface area (Å²) < 4.78 is 5.15. The van der Waals surface area contributed by atoms with Gasteiger partial charge in [-0.3, -0.25) is 5.32 Å². The number of halogens is 2. The third kappa shape index (κ3) is 3.09. The van der Waals surface area contributed by atoms with E-state index in [1.807, 2.05) is 6.92 Å². The van der Waals surface area contributed by atoms with Gasteiger partial charge in [0.15, 0.2) is 5.82 Å². The van der Waals surface area contributed by atoms with Crippen LogP contribution < -0.4 is 10.6 Å². The third-order valence-corrected chi connectivity index (χ3v) is 4.07. The Labute approximate surface area is 141 Å². The number of hydrogen-bond donors (Lipinski definition) is 2. The van der Waals surface area contributed by atoms with E-state index in [0.29, 0.717) is 32.5 Å². The summed E-state index contributed by atoms with van der Waals surface area (Å²) in [6.07, 6.45) is 0. The number of pyridine rings is 1. The SMILES string of the molecule is Cc1nc2onc(NC(=O)Nc3cccc(Cl)c3)c2c(C)c1Cl. The zero-order valence-corrected chi connectivity index (χ0v) is 13.8. The number of nitrogens with zero attached hydrogens (tertiary/aromatic N) is 2. The van der Waals surface area contributed by atoms with Gasteiger partial charge in [0.05, 0.1) is 16.1 Å². The van der Waals surface area contributed by atoms with Crippen LogP contribution in [0.3, 0.4) is 0 Å². The molecule has 0 saturated carbocycles. The van der Waals surface area contributed by atoms with Gasteiger partial charge in [-0.25, -0.2) is 9.78 Å². The highest BCUT2D eigenvalue weighted by Gasteiger charge is 2.18. The van der Waals surface area contributed by atoms with Gasteiger partial charge in [0.2, 0.25) is 0 Å². The second kappa shape index (κ2) is 6.06. The van der Waals surface area contributed by atoms with Crippen molar-refractivity contribution >= 4 is 51.8 Å². The average Bonchev–Trinajstić information content (AvgIpc) is 2.87. The maximum atomic E-state index is 12.1. The Morgan fingerprint density at radius 3 is 2.74 bits per heavy atom. The number of nitrogens with one attached hydrogen (secondary N) is 2. The molecule has 3 rings (SSSR count). The number of carbonyl (C=O) groups is 1. The van der Waals surface area contributed by atoms with Crippen molar-refractivity contribution in [1.29, 1.82) is 0 Å². The third-order valence-electron chi connectivity index (χ3n) is 3.28. The highest BCUT2D eigenvalue weighted by atomic mass is 35.5. The molecule has 0 saturated heterocycles. The summed E-state index contributed by atoms with van der Waals surface area (Å²) in [6.45, 7) is 3.59. The number of urea groups is 1. The molecule has 1 aromatic carbocycles. The van der Waals surface area contributed by atoms with E-state index in [2.05, 4.69) is 20.8 Å². The summed E-state index contributed by atoms with van der Waals surface area (Å²) in [6, 6.07) is 6.34. The first-order valence-corrected chi connectivity index (χ1v) is 7.47. The van der Waals surface area contributed by atoms with E-state index in [4.69, 9.17) is 27.7 Å².